The van der Waals surface area contributed by atoms with Gasteiger partial charge < -0.3 is 19.1 Å². The molecule has 0 aliphatic carbocycles. The molecule has 0 spiro atoms. The number of amides is 1. The lowest BCUT2D eigenvalue weighted by Gasteiger charge is -2.29. The molecule has 2 fully saturated rings. The highest BCUT2D eigenvalue weighted by molar-refractivity contribution is 5.96. The second kappa shape index (κ2) is 12.9. The lowest BCUT2D eigenvalue weighted by Crippen LogP contribution is -2.36. The van der Waals surface area contributed by atoms with Gasteiger partial charge in [0.2, 0.25) is 17.5 Å². The molecule has 1 aromatic carbocycles. The lowest BCUT2D eigenvalue weighted by atomic mass is 10.0. The third-order valence-corrected chi connectivity index (χ3v) is 7.87. The van der Waals surface area contributed by atoms with Gasteiger partial charge in [0.05, 0.1) is 6.57 Å². The smallest absolute Gasteiger partial charge is 0.420 e. The predicted octanol–water partition coefficient (Wildman–Crippen LogP) is 5.58. The van der Waals surface area contributed by atoms with E-state index in [9.17, 15) is 22.8 Å². The molecule has 5 rings (SSSR count). The minimum Gasteiger partial charge on any atom is -0.420 e. The number of pyridine rings is 1. The van der Waals surface area contributed by atoms with Crippen molar-refractivity contribution in [3.63, 3.8) is 0 Å². The molecular formula is C31H33F3N6O3. The van der Waals surface area contributed by atoms with E-state index >= 15 is 0 Å². The van der Waals surface area contributed by atoms with Gasteiger partial charge in [0.25, 0.3) is 6.01 Å². The maximum Gasteiger partial charge on any atom is 0.437 e. The summed E-state index contributed by atoms with van der Waals surface area (Å²) >= 11 is 0. The van der Waals surface area contributed by atoms with Gasteiger partial charge in [-0.05, 0) is 42.4 Å². The first-order chi connectivity index (χ1) is 20.6. The van der Waals surface area contributed by atoms with Crippen LogP contribution in [-0.4, -0.2) is 65.8 Å². The molecule has 0 saturated carbocycles. The number of piperidine rings is 1. The highest BCUT2D eigenvalue weighted by Crippen LogP contribution is 2.35. The van der Waals surface area contributed by atoms with Gasteiger partial charge >= 0.3 is 6.18 Å². The topological polar surface area (TPSA) is 87.1 Å². The van der Waals surface area contributed by atoms with Gasteiger partial charge in [0, 0.05) is 58.3 Å². The summed E-state index contributed by atoms with van der Waals surface area (Å²) < 4.78 is 46.8. The fraction of sp³-hybridized carbons (Fsp3) is 0.452. The van der Waals surface area contributed by atoms with Crippen LogP contribution in [0, 0.1) is 12.5 Å². The number of alkyl halides is 3. The van der Waals surface area contributed by atoms with Crippen LogP contribution in [0.25, 0.3) is 4.85 Å². The molecule has 1 unspecified atom stereocenters. The molecule has 12 heteroatoms. The SMILES string of the molecule is [C-]#[N+]c1ccccc1CC(=O)N1CCCN(c2ccc(CC(=O)c3oc(N4CCCC(C)C4)nc3C(F)(F)F)cn2)CC1. The molecular weight excluding hydrogens is 561 g/mol. The van der Waals surface area contributed by atoms with Crippen LogP contribution in [0.5, 0.6) is 0 Å². The second-order valence-electron chi connectivity index (χ2n) is 11.1. The Balaban J connectivity index is 1.21. The van der Waals surface area contributed by atoms with Crippen LogP contribution in [0.4, 0.5) is 30.7 Å². The van der Waals surface area contributed by atoms with Crippen molar-refractivity contribution >= 4 is 29.2 Å². The van der Waals surface area contributed by atoms with Crippen molar-refractivity contribution in [3.8, 4) is 0 Å². The number of benzene rings is 1. The monoisotopic (exact) mass is 594 g/mol. The van der Waals surface area contributed by atoms with E-state index in [0.717, 1.165) is 19.3 Å². The third kappa shape index (κ3) is 7.16. The molecule has 0 bridgehead atoms. The number of oxazole rings is 1. The number of carbonyl (C=O) groups is 2. The Hall–Kier alpha value is -4.40. The molecule has 2 aromatic heterocycles. The fourth-order valence-electron chi connectivity index (χ4n) is 5.60. The highest BCUT2D eigenvalue weighted by Gasteiger charge is 2.42. The number of Topliss-reactive ketones (excluding diaryl/α,β-unsaturated/α-hetero) is 1. The summed E-state index contributed by atoms with van der Waals surface area (Å²) in [5.41, 5.74) is 0.346. The lowest BCUT2D eigenvalue weighted by molar-refractivity contribution is -0.141. The van der Waals surface area contributed by atoms with E-state index in [4.69, 9.17) is 11.0 Å². The van der Waals surface area contributed by atoms with E-state index in [0.29, 0.717) is 67.8 Å². The van der Waals surface area contributed by atoms with Crippen LogP contribution < -0.4 is 9.80 Å². The summed E-state index contributed by atoms with van der Waals surface area (Å²) in [5.74, 6) is -0.681. The standard InChI is InChI=1S/C31H33F3N6O3/c1-21-7-5-12-40(20-21)30-37-29(31(32,33)34)28(43-30)25(41)17-22-10-11-26(36-19-22)38-13-6-14-39(16-15-38)27(42)18-23-8-3-4-9-24(23)35-2/h3-4,8-11,19,21H,5-7,12-18,20H2,1H3. The van der Waals surface area contributed by atoms with E-state index < -0.39 is 23.4 Å². The highest BCUT2D eigenvalue weighted by atomic mass is 19.4. The molecule has 0 N–H and O–H groups in total. The number of carbonyl (C=O) groups excluding carboxylic acids is 2. The van der Waals surface area contributed by atoms with Gasteiger partial charge in [-0.25, -0.2) is 9.83 Å². The van der Waals surface area contributed by atoms with Gasteiger partial charge in [-0.1, -0.05) is 37.3 Å². The zero-order chi connectivity index (χ0) is 30.6. The quantitative estimate of drug-likeness (QED) is 0.261. The number of hydrogen-bond acceptors (Lipinski definition) is 7. The van der Waals surface area contributed by atoms with E-state index in [1.807, 2.05) is 17.9 Å². The predicted molar refractivity (Wildman–Crippen MR) is 154 cm³/mol. The Morgan fingerprint density at radius 3 is 2.53 bits per heavy atom. The molecule has 2 aliphatic rings. The van der Waals surface area contributed by atoms with Crippen LogP contribution in [0.2, 0.25) is 0 Å². The molecule has 3 aromatic rings. The molecule has 1 atom stereocenters. The third-order valence-electron chi connectivity index (χ3n) is 7.87. The Kier molecular flexibility index (Phi) is 8.99. The van der Waals surface area contributed by atoms with Crippen LogP contribution in [0.3, 0.4) is 0 Å². The normalized spacial score (nSPS) is 17.8. The zero-order valence-electron chi connectivity index (χ0n) is 23.9. The van der Waals surface area contributed by atoms with Crippen LogP contribution in [0.15, 0.2) is 47.0 Å². The Labute approximate surface area is 248 Å². The van der Waals surface area contributed by atoms with Crippen LogP contribution >= 0.6 is 0 Å². The van der Waals surface area contributed by atoms with E-state index in [-0.39, 0.29) is 24.8 Å². The van der Waals surface area contributed by atoms with E-state index in [1.54, 1.807) is 40.1 Å². The number of para-hydroxylation sites is 1. The van der Waals surface area contributed by atoms with Crippen LogP contribution in [0.1, 0.15) is 53.6 Å². The van der Waals surface area contributed by atoms with Crippen molar-refractivity contribution in [2.24, 2.45) is 5.92 Å². The van der Waals surface area contributed by atoms with E-state index in [1.165, 1.54) is 6.20 Å². The zero-order valence-corrected chi connectivity index (χ0v) is 23.9. The molecule has 0 radical (unpaired) electrons. The average molecular weight is 595 g/mol. The second-order valence-corrected chi connectivity index (χ2v) is 11.1. The van der Waals surface area contributed by atoms with Crippen molar-refractivity contribution < 1.29 is 27.2 Å². The number of anilines is 2. The van der Waals surface area contributed by atoms with Gasteiger partial charge in [0.1, 0.15) is 5.82 Å². The van der Waals surface area contributed by atoms with Crippen molar-refractivity contribution in [1.29, 1.82) is 0 Å². The Morgan fingerprint density at radius 2 is 1.81 bits per heavy atom. The van der Waals surface area contributed by atoms with Crippen molar-refractivity contribution in [2.75, 3.05) is 49.1 Å². The fourth-order valence-corrected chi connectivity index (χ4v) is 5.60. The Bertz CT molecular complexity index is 1500. The summed E-state index contributed by atoms with van der Waals surface area (Å²) in [4.78, 5) is 43.1. The van der Waals surface area contributed by atoms with Gasteiger partial charge in [-0.2, -0.15) is 18.2 Å². The molecule has 1 amide bonds. The number of rotatable bonds is 7. The van der Waals surface area contributed by atoms with Crippen molar-refractivity contribution in [1.82, 2.24) is 14.9 Å². The molecule has 9 nitrogen and oxygen atoms in total. The first kappa shape index (κ1) is 30.1. The summed E-state index contributed by atoms with van der Waals surface area (Å²) in [7, 11) is 0. The van der Waals surface area contributed by atoms with Gasteiger partial charge in [0.15, 0.2) is 11.4 Å². The minimum atomic E-state index is -4.82. The molecule has 2 aliphatic heterocycles. The summed E-state index contributed by atoms with van der Waals surface area (Å²) in [6, 6.07) is 10.3. The number of hydrogen-bond donors (Lipinski definition) is 0. The molecule has 4 heterocycles. The van der Waals surface area contributed by atoms with Crippen LogP contribution in [-0.2, 0) is 23.8 Å². The maximum atomic E-state index is 13.8. The van der Waals surface area contributed by atoms with E-state index in [2.05, 4.69) is 14.8 Å². The minimum absolute atomic E-state index is 0.0385. The number of aromatic nitrogens is 2. The molecule has 2 saturated heterocycles. The van der Waals surface area contributed by atoms with Gasteiger partial charge in [-0.3, -0.25) is 9.59 Å². The summed E-state index contributed by atoms with van der Waals surface area (Å²) in [5, 5.41) is 0. The number of nitrogens with zero attached hydrogens (tertiary/aromatic N) is 6. The number of ketones is 1. The van der Waals surface area contributed by atoms with Gasteiger partial charge in [-0.15, -0.1) is 0 Å². The molecule has 43 heavy (non-hydrogen) atoms. The average Bonchev–Trinajstić information content (AvgIpc) is 3.31. The maximum absolute atomic E-state index is 13.8. The number of halogens is 3. The summed E-state index contributed by atoms with van der Waals surface area (Å²) in [6.07, 6.45) is -0.963. The molecule has 226 valence electrons. The Morgan fingerprint density at radius 1 is 1.02 bits per heavy atom. The summed E-state index contributed by atoms with van der Waals surface area (Å²) in [6.45, 7) is 12.7. The first-order valence-electron chi connectivity index (χ1n) is 14.4. The van der Waals surface area contributed by atoms with Crippen molar-refractivity contribution in [3.05, 3.63) is 76.6 Å². The first-order valence-corrected chi connectivity index (χ1v) is 14.4. The van der Waals surface area contributed by atoms with Crippen molar-refractivity contribution in [2.45, 2.75) is 45.2 Å². The largest absolute Gasteiger partial charge is 0.437 e.